The van der Waals surface area contributed by atoms with Crippen LogP contribution in [0.4, 0.5) is 5.95 Å². The fourth-order valence-corrected chi connectivity index (χ4v) is 3.99. The molecule has 2 aromatic rings. The summed E-state index contributed by atoms with van der Waals surface area (Å²) in [6.45, 7) is 2.97. The summed E-state index contributed by atoms with van der Waals surface area (Å²) in [6.07, 6.45) is 5.56. The average Bonchev–Trinajstić information content (AvgIpc) is 3.13. The Morgan fingerprint density at radius 3 is 2.88 bits per heavy atom. The van der Waals surface area contributed by atoms with Crippen LogP contribution in [-0.4, -0.2) is 52.6 Å². The van der Waals surface area contributed by atoms with Crippen molar-refractivity contribution in [3.05, 3.63) is 40.8 Å². The lowest BCUT2D eigenvalue weighted by atomic mass is 9.83. The molecule has 1 spiro atoms. The van der Waals surface area contributed by atoms with Crippen molar-refractivity contribution >= 4 is 23.2 Å². The van der Waals surface area contributed by atoms with Crippen molar-refractivity contribution in [1.29, 1.82) is 0 Å². The number of rotatable bonds is 4. The predicted octanol–water partition coefficient (Wildman–Crippen LogP) is 2.27. The SMILES string of the molecule is O=C(c1cccs1)N1CC2(CC[C@@H](CNc3ncccn3)CO2)C1. The summed E-state index contributed by atoms with van der Waals surface area (Å²) in [5, 5.41) is 5.20. The van der Waals surface area contributed by atoms with Crippen LogP contribution in [0.1, 0.15) is 22.5 Å². The highest BCUT2D eigenvalue weighted by Gasteiger charge is 2.48. The third-order valence-corrected chi connectivity index (χ3v) is 5.58. The van der Waals surface area contributed by atoms with Gasteiger partial charge >= 0.3 is 0 Å². The molecule has 0 unspecified atom stereocenters. The third kappa shape index (κ3) is 3.14. The van der Waals surface area contributed by atoms with Crippen molar-refractivity contribution < 1.29 is 9.53 Å². The number of anilines is 1. The summed E-state index contributed by atoms with van der Waals surface area (Å²) in [5.74, 6) is 1.25. The van der Waals surface area contributed by atoms with Gasteiger partial charge in [0.2, 0.25) is 5.95 Å². The molecule has 2 fully saturated rings. The molecule has 6 nitrogen and oxygen atoms in total. The fraction of sp³-hybridized carbons (Fsp3) is 0.471. The van der Waals surface area contributed by atoms with Gasteiger partial charge in [0.05, 0.1) is 24.6 Å². The van der Waals surface area contributed by atoms with Gasteiger partial charge in [0, 0.05) is 18.9 Å². The van der Waals surface area contributed by atoms with Gasteiger partial charge in [-0.3, -0.25) is 4.79 Å². The summed E-state index contributed by atoms with van der Waals surface area (Å²) >= 11 is 1.50. The minimum atomic E-state index is -0.118. The van der Waals surface area contributed by atoms with Gasteiger partial charge in [-0.2, -0.15) is 0 Å². The van der Waals surface area contributed by atoms with Gasteiger partial charge in [0.1, 0.15) is 5.60 Å². The first-order valence-corrected chi connectivity index (χ1v) is 9.10. The van der Waals surface area contributed by atoms with Crippen LogP contribution in [0, 0.1) is 5.92 Å². The number of carbonyl (C=O) groups is 1. The van der Waals surface area contributed by atoms with E-state index < -0.39 is 0 Å². The van der Waals surface area contributed by atoms with Gasteiger partial charge in [0.25, 0.3) is 5.91 Å². The monoisotopic (exact) mass is 344 g/mol. The third-order valence-electron chi connectivity index (χ3n) is 4.73. The number of carbonyl (C=O) groups excluding carboxylic acids is 1. The van der Waals surface area contributed by atoms with E-state index in [1.807, 2.05) is 22.4 Å². The number of amides is 1. The molecule has 2 aromatic heterocycles. The number of hydrogen-bond acceptors (Lipinski definition) is 6. The Morgan fingerprint density at radius 1 is 1.38 bits per heavy atom. The van der Waals surface area contributed by atoms with Gasteiger partial charge in [-0.1, -0.05) is 6.07 Å². The summed E-state index contributed by atoms with van der Waals surface area (Å²) in [5.41, 5.74) is -0.118. The summed E-state index contributed by atoms with van der Waals surface area (Å²) < 4.78 is 6.13. The minimum Gasteiger partial charge on any atom is -0.371 e. The molecule has 2 saturated heterocycles. The summed E-state index contributed by atoms with van der Waals surface area (Å²) in [6, 6.07) is 5.60. The van der Waals surface area contributed by atoms with E-state index in [-0.39, 0.29) is 11.5 Å². The van der Waals surface area contributed by atoms with Gasteiger partial charge < -0.3 is 15.0 Å². The number of nitrogens with zero attached hydrogens (tertiary/aromatic N) is 3. The van der Waals surface area contributed by atoms with Crippen LogP contribution < -0.4 is 5.32 Å². The first-order chi connectivity index (χ1) is 11.7. The van der Waals surface area contributed by atoms with Crippen LogP contribution in [0.2, 0.25) is 0 Å². The van der Waals surface area contributed by atoms with Gasteiger partial charge in [0.15, 0.2) is 0 Å². The molecule has 4 rings (SSSR count). The number of nitrogens with one attached hydrogen (secondary N) is 1. The standard InChI is InChI=1S/C17H20N4O2S/c22-15(14-3-1-8-24-14)21-11-17(12-21)5-4-13(10-23-17)9-20-16-18-6-2-7-19-16/h1-3,6-8,13H,4-5,9-12H2,(H,18,19,20)/t13-/m0/s1. The van der Waals surface area contributed by atoms with Gasteiger partial charge in [-0.05, 0) is 36.3 Å². The fourth-order valence-electron chi connectivity index (χ4n) is 3.30. The zero-order valence-electron chi connectivity index (χ0n) is 13.4. The predicted molar refractivity (Wildman–Crippen MR) is 92.2 cm³/mol. The second-order valence-corrected chi connectivity index (χ2v) is 7.44. The smallest absolute Gasteiger partial charge is 0.264 e. The van der Waals surface area contributed by atoms with E-state index in [0.717, 1.165) is 30.9 Å². The normalized spacial score (nSPS) is 22.2. The van der Waals surface area contributed by atoms with Crippen LogP contribution in [0.3, 0.4) is 0 Å². The van der Waals surface area contributed by atoms with Gasteiger partial charge in [-0.25, -0.2) is 9.97 Å². The second-order valence-electron chi connectivity index (χ2n) is 6.49. The maximum absolute atomic E-state index is 12.3. The molecule has 0 aromatic carbocycles. The molecule has 126 valence electrons. The molecule has 0 saturated carbocycles. The maximum atomic E-state index is 12.3. The first kappa shape index (κ1) is 15.5. The summed E-state index contributed by atoms with van der Waals surface area (Å²) in [4.78, 5) is 23.3. The average molecular weight is 344 g/mol. The Balaban J connectivity index is 1.23. The van der Waals surface area contributed by atoms with E-state index in [1.54, 1.807) is 18.5 Å². The molecule has 24 heavy (non-hydrogen) atoms. The Labute approximate surface area is 144 Å². The van der Waals surface area contributed by atoms with E-state index >= 15 is 0 Å². The lowest BCUT2D eigenvalue weighted by Crippen LogP contribution is -2.66. The maximum Gasteiger partial charge on any atom is 0.264 e. The highest BCUT2D eigenvalue weighted by Crippen LogP contribution is 2.37. The summed E-state index contributed by atoms with van der Waals surface area (Å²) in [7, 11) is 0. The van der Waals surface area contributed by atoms with Crippen LogP contribution >= 0.6 is 11.3 Å². The molecule has 7 heteroatoms. The number of likely N-dealkylation sites (tertiary alicyclic amines) is 1. The molecular formula is C17H20N4O2S. The van der Waals surface area contributed by atoms with E-state index in [2.05, 4.69) is 15.3 Å². The number of hydrogen-bond donors (Lipinski definition) is 1. The Kier molecular flexibility index (Phi) is 4.20. The molecule has 2 aliphatic heterocycles. The quantitative estimate of drug-likeness (QED) is 0.922. The molecule has 1 atom stereocenters. The highest BCUT2D eigenvalue weighted by atomic mass is 32.1. The number of thiophene rings is 1. The topological polar surface area (TPSA) is 67.4 Å². The number of aromatic nitrogens is 2. The van der Waals surface area contributed by atoms with Crippen molar-refractivity contribution in [2.24, 2.45) is 5.92 Å². The molecular weight excluding hydrogens is 324 g/mol. The Morgan fingerprint density at radius 2 is 2.21 bits per heavy atom. The lowest BCUT2D eigenvalue weighted by Gasteiger charge is -2.52. The van der Waals surface area contributed by atoms with E-state index in [4.69, 9.17) is 4.74 Å². The Bertz CT molecular complexity index is 676. The molecule has 1 amide bonds. The zero-order valence-corrected chi connectivity index (χ0v) is 14.2. The molecule has 0 radical (unpaired) electrons. The number of ether oxygens (including phenoxy) is 1. The van der Waals surface area contributed by atoms with Crippen molar-refractivity contribution in [1.82, 2.24) is 14.9 Å². The van der Waals surface area contributed by atoms with E-state index in [0.29, 0.717) is 25.0 Å². The van der Waals surface area contributed by atoms with Crippen molar-refractivity contribution in [3.8, 4) is 0 Å². The van der Waals surface area contributed by atoms with Crippen molar-refractivity contribution in [2.45, 2.75) is 18.4 Å². The zero-order chi connectivity index (χ0) is 16.4. The molecule has 1 N–H and O–H groups in total. The van der Waals surface area contributed by atoms with Crippen LogP contribution in [-0.2, 0) is 4.74 Å². The first-order valence-electron chi connectivity index (χ1n) is 8.22. The lowest BCUT2D eigenvalue weighted by molar-refractivity contribution is -0.165. The van der Waals surface area contributed by atoms with Crippen molar-refractivity contribution in [3.63, 3.8) is 0 Å². The highest BCUT2D eigenvalue weighted by molar-refractivity contribution is 7.12. The molecule has 0 bridgehead atoms. The van der Waals surface area contributed by atoms with Gasteiger partial charge in [-0.15, -0.1) is 11.3 Å². The van der Waals surface area contributed by atoms with E-state index in [1.165, 1.54) is 11.3 Å². The van der Waals surface area contributed by atoms with Crippen molar-refractivity contribution in [2.75, 3.05) is 31.6 Å². The largest absolute Gasteiger partial charge is 0.371 e. The van der Waals surface area contributed by atoms with Crippen LogP contribution in [0.15, 0.2) is 36.0 Å². The molecule has 4 heterocycles. The van der Waals surface area contributed by atoms with Crippen LogP contribution in [0.25, 0.3) is 0 Å². The second kappa shape index (κ2) is 6.49. The van der Waals surface area contributed by atoms with Crippen LogP contribution in [0.5, 0.6) is 0 Å². The van der Waals surface area contributed by atoms with E-state index in [9.17, 15) is 4.79 Å². The molecule has 2 aliphatic rings. The molecule has 0 aliphatic carbocycles. The Hall–Kier alpha value is -1.99. The minimum absolute atomic E-state index is 0.118.